The Labute approximate surface area is 129 Å². The van der Waals surface area contributed by atoms with Crippen LogP contribution in [0.25, 0.3) is 0 Å². The standard InChI is InChI=1S/C18H27BO2/c1-7-10-15(16-12-9-8-11-14(16)2)13-19-20-17(3,4)18(5,6)21-19/h7-9,11-12,15H,1,10,13H2,2-6H3/t15-/m0/s1. The van der Waals surface area contributed by atoms with Crippen LogP contribution in [0, 0.1) is 6.92 Å². The van der Waals surface area contributed by atoms with Crippen LogP contribution >= 0.6 is 0 Å². The quantitative estimate of drug-likeness (QED) is 0.574. The van der Waals surface area contributed by atoms with Gasteiger partial charge in [0.2, 0.25) is 0 Å². The van der Waals surface area contributed by atoms with Gasteiger partial charge in [0.05, 0.1) is 11.2 Å². The molecule has 3 heteroatoms. The molecule has 1 fully saturated rings. The molecule has 1 heterocycles. The van der Waals surface area contributed by atoms with Crippen LogP contribution in [0.3, 0.4) is 0 Å². The average molecular weight is 286 g/mol. The highest BCUT2D eigenvalue weighted by molar-refractivity contribution is 6.45. The van der Waals surface area contributed by atoms with Crippen molar-refractivity contribution >= 4 is 7.12 Å². The van der Waals surface area contributed by atoms with Gasteiger partial charge in [-0.05, 0) is 64.4 Å². The summed E-state index contributed by atoms with van der Waals surface area (Å²) in [7, 11) is -0.153. The highest BCUT2D eigenvalue weighted by Gasteiger charge is 2.51. The molecule has 0 N–H and O–H groups in total. The van der Waals surface area contributed by atoms with Gasteiger partial charge in [-0.25, -0.2) is 0 Å². The van der Waals surface area contributed by atoms with E-state index in [0.29, 0.717) is 5.92 Å². The summed E-state index contributed by atoms with van der Waals surface area (Å²) in [6.07, 6.45) is 3.79. The van der Waals surface area contributed by atoms with Crippen molar-refractivity contribution in [1.29, 1.82) is 0 Å². The first-order valence-electron chi connectivity index (χ1n) is 7.79. The largest absolute Gasteiger partial charge is 0.458 e. The first-order chi connectivity index (χ1) is 9.77. The third kappa shape index (κ3) is 3.41. The maximum atomic E-state index is 6.15. The fourth-order valence-corrected chi connectivity index (χ4v) is 2.89. The molecule has 0 aromatic heterocycles. The molecule has 0 unspecified atom stereocenters. The van der Waals surface area contributed by atoms with Crippen LogP contribution in [0.15, 0.2) is 36.9 Å². The Balaban J connectivity index is 2.16. The topological polar surface area (TPSA) is 18.5 Å². The SMILES string of the molecule is C=CC[C@@H](CB1OC(C)(C)C(C)(C)O1)c1ccccc1C. The van der Waals surface area contributed by atoms with Crippen molar-refractivity contribution in [2.45, 2.75) is 64.5 Å². The molecule has 1 aliphatic heterocycles. The zero-order valence-corrected chi connectivity index (χ0v) is 14.0. The van der Waals surface area contributed by atoms with Crippen molar-refractivity contribution in [3.8, 4) is 0 Å². The number of rotatable bonds is 5. The van der Waals surface area contributed by atoms with Gasteiger partial charge in [0.25, 0.3) is 0 Å². The Morgan fingerprint density at radius 2 is 1.71 bits per heavy atom. The first-order valence-corrected chi connectivity index (χ1v) is 7.79. The van der Waals surface area contributed by atoms with E-state index in [2.05, 4.69) is 65.5 Å². The highest BCUT2D eigenvalue weighted by atomic mass is 16.7. The van der Waals surface area contributed by atoms with Crippen LogP contribution in [0.5, 0.6) is 0 Å². The molecule has 0 spiro atoms. The summed E-state index contributed by atoms with van der Waals surface area (Å²) in [6, 6.07) is 8.55. The Morgan fingerprint density at radius 3 is 2.24 bits per heavy atom. The van der Waals surface area contributed by atoms with Crippen LogP contribution in [0.4, 0.5) is 0 Å². The van der Waals surface area contributed by atoms with E-state index >= 15 is 0 Å². The highest BCUT2D eigenvalue weighted by Crippen LogP contribution is 2.40. The average Bonchev–Trinajstić information content (AvgIpc) is 2.57. The Morgan fingerprint density at radius 1 is 1.14 bits per heavy atom. The summed E-state index contributed by atoms with van der Waals surface area (Å²) < 4.78 is 12.3. The summed E-state index contributed by atoms with van der Waals surface area (Å²) in [5, 5.41) is 0. The number of hydrogen-bond donors (Lipinski definition) is 0. The molecule has 1 atom stereocenters. The summed E-state index contributed by atoms with van der Waals surface area (Å²) in [5.74, 6) is 0.387. The van der Waals surface area contributed by atoms with Gasteiger partial charge in [-0.15, -0.1) is 6.58 Å². The lowest BCUT2D eigenvalue weighted by atomic mass is 9.73. The molecule has 1 aliphatic rings. The van der Waals surface area contributed by atoms with Crippen LogP contribution in [0.1, 0.15) is 51.2 Å². The minimum atomic E-state index is -0.262. The third-order valence-corrected chi connectivity index (χ3v) is 4.86. The van der Waals surface area contributed by atoms with Gasteiger partial charge >= 0.3 is 7.12 Å². The lowest BCUT2D eigenvalue weighted by Crippen LogP contribution is -2.41. The van der Waals surface area contributed by atoms with E-state index in [9.17, 15) is 0 Å². The van der Waals surface area contributed by atoms with E-state index in [-0.39, 0.29) is 18.3 Å². The predicted octanol–water partition coefficient (Wildman–Crippen LogP) is 4.75. The smallest absolute Gasteiger partial charge is 0.403 e. The van der Waals surface area contributed by atoms with E-state index in [1.165, 1.54) is 11.1 Å². The van der Waals surface area contributed by atoms with Gasteiger partial charge in [0.1, 0.15) is 0 Å². The Hall–Kier alpha value is -1.06. The van der Waals surface area contributed by atoms with Crippen molar-refractivity contribution < 1.29 is 9.31 Å². The van der Waals surface area contributed by atoms with Gasteiger partial charge in [-0.2, -0.15) is 0 Å². The molecule has 114 valence electrons. The van der Waals surface area contributed by atoms with Crippen LogP contribution < -0.4 is 0 Å². The second-order valence-electron chi connectivity index (χ2n) is 7.00. The number of benzene rings is 1. The fourth-order valence-electron chi connectivity index (χ4n) is 2.89. The van der Waals surface area contributed by atoms with Crippen LogP contribution in [0.2, 0.25) is 6.32 Å². The van der Waals surface area contributed by atoms with E-state index in [1.54, 1.807) is 0 Å². The van der Waals surface area contributed by atoms with Crippen molar-refractivity contribution in [2.24, 2.45) is 0 Å². The Bertz CT molecular complexity index is 492. The van der Waals surface area contributed by atoms with Gasteiger partial charge in [0.15, 0.2) is 0 Å². The monoisotopic (exact) mass is 286 g/mol. The third-order valence-electron chi connectivity index (χ3n) is 4.86. The number of aryl methyl sites for hydroxylation is 1. The minimum absolute atomic E-state index is 0.153. The minimum Gasteiger partial charge on any atom is -0.403 e. The van der Waals surface area contributed by atoms with Crippen molar-refractivity contribution in [2.75, 3.05) is 0 Å². The molecule has 0 radical (unpaired) electrons. The summed E-state index contributed by atoms with van der Waals surface area (Å²) in [5.41, 5.74) is 2.16. The lowest BCUT2D eigenvalue weighted by molar-refractivity contribution is 0.00578. The molecule has 1 saturated heterocycles. The molecule has 1 aromatic rings. The van der Waals surface area contributed by atoms with Gasteiger partial charge < -0.3 is 9.31 Å². The van der Waals surface area contributed by atoms with Crippen LogP contribution in [-0.2, 0) is 9.31 Å². The second-order valence-corrected chi connectivity index (χ2v) is 7.00. The second kappa shape index (κ2) is 5.98. The Kier molecular flexibility index (Phi) is 4.65. The molecule has 1 aromatic carbocycles. The van der Waals surface area contributed by atoms with Crippen LogP contribution in [-0.4, -0.2) is 18.3 Å². The molecule has 0 bridgehead atoms. The molecule has 0 amide bonds. The maximum Gasteiger partial charge on any atom is 0.458 e. The van der Waals surface area contributed by atoms with Gasteiger partial charge in [-0.1, -0.05) is 30.3 Å². The molecule has 0 aliphatic carbocycles. The summed E-state index contributed by atoms with van der Waals surface area (Å²) in [4.78, 5) is 0. The van der Waals surface area contributed by atoms with Gasteiger partial charge in [-0.3, -0.25) is 0 Å². The molecular formula is C18H27BO2. The molecule has 21 heavy (non-hydrogen) atoms. The zero-order valence-electron chi connectivity index (χ0n) is 14.0. The summed E-state index contributed by atoms with van der Waals surface area (Å²) >= 11 is 0. The lowest BCUT2D eigenvalue weighted by Gasteiger charge is -2.32. The first kappa shape index (κ1) is 16.3. The number of hydrogen-bond acceptors (Lipinski definition) is 2. The summed E-state index contributed by atoms with van der Waals surface area (Å²) in [6.45, 7) is 14.5. The van der Waals surface area contributed by atoms with Gasteiger partial charge in [0, 0.05) is 0 Å². The van der Waals surface area contributed by atoms with E-state index in [1.807, 2.05) is 6.08 Å². The molecule has 2 rings (SSSR count). The fraction of sp³-hybridized carbons (Fsp3) is 0.556. The van der Waals surface area contributed by atoms with E-state index in [0.717, 1.165) is 12.7 Å². The molecule has 0 saturated carbocycles. The number of allylic oxidation sites excluding steroid dienone is 1. The van der Waals surface area contributed by atoms with E-state index in [4.69, 9.17) is 9.31 Å². The predicted molar refractivity (Wildman–Crippen MR) is 89.6 cm³/mol. The van der Waals surface area contributed by atoms with Crippen molar-refractivity contribution in [3.05, 3.63) is 48.0 Å². The maximum absolute atomic E-state index is 6.15. The van der Waals surface area contributed by atoms with E-state index < -0.39 is 0 Å². The molecule has 2 nitrogen and oxygen atoms in total. The molecular weight excluding hydrogens is 259 g/mol. The van der Waals surface area contributed by atoms with Crippen molar-refractivity contribution in [3.63, 3.8) is 0 Å². The van der Waals surface area contributed by atoms with Crippen molar-refractivity contribution in [1.82, 2.24) is 0 Å². The zero-order chi connectivity index (χ0) is 15.7. The normalized spacial score (nSPS) is 21.3.